The Hall–Kier alpha value is -1.36. The number of anilines is 1. The lowest BCUT2D eigenvalue weighted by Gasteiger charge is -2.12. The summed E-state index contributed by atoms with van der Waals surface area (Å²) in [6, 6.07) is 3.71. The molecule has 0 aromatic carbocycles. The summed E-state index contributed by atoms with van der Waals surface area (Å²) >= 11 is 5.65. The molecule has 1 fully saturated rings. The van der Waals surface area contributed by atoms with E-state index in [-0.39, 0.29) is 17.9 Å². The first-order chi connectivity index (χ1) is 8.19. The first kappa shape index (κ1) is 12.1. The second kappa shape index (κ2) is 5.31. The molecule has 0 radical (unpaired) electrons. The molecule has 5 nitrogen and oxygen atoms in total. The zero-order valence-electron chi connectivity index (χ0n) is 9.52. The van der Waals surface area contributed by atoms with E-state index in [1.807, 2.05) is 0 Å². The standard InChI is InChI=1S/C11H14ClN3O2/c1-17-11(16)7-2-3-8(6-7)13-10-5-4-9(12)14-15-10/h4-5,7-8H,2-3,6H2,1H3,(H,13,15). The van der Waals surface area contributed by atoms with E-state index in [0.29, 0.717) is 11.0 Å². The first-order valence-electron chi connectivity index (χ1n) is 5.52. The summed E-state index contributed by atoms with van der Waals surface area (Å²) in [6.07, 6.45) is 2.56. The van der Waals surface area contributed by atoms with Gasteiger partial charge in [0, 0.05) is 6.04 Å². The van der Waals surface area contributed by atoms with Crippen LogP contribution in [0.5, 0.6) is 0 Å². The van der Waals surface area contributed by atoms with Gasteiger partial charge in [-0.1, -0.05) is 11.6 Å². The number of methoxy groups -OCH3 is 1. The van der Waals surface area contributed by atoms with E-state index in [4.69, 9.17) is 16.3 Å². The van der Waals surface area contributed by atoms with E-state index in [0.717, 1.165) is 19.3 Å². The first-order valence-corrected chi connectivity index (χ1v) is 5.90. The number of nitrogens with one attached hydrogen (secondary N) is 1. The van der Waals surface area contributed by atoms with Crippen molar-refractivity contribution in [1.29, 1.82) is 0 Å². The summed E-state index contributed by atoms with van der Waals surface area (Å²) < 4.78 is 4.74. The topological polar surface area (TPSA) is 64.1 Å². The molecule has 0 saturated heterocycles. The van der Waals surface area contributed by atoms with Crippen LogP contribution in [0.2, 0.25) is 5.15 Å². The second-order valence-electron chi connectivity index (χ2n) is 4.12. The van der Waals surface area contributed by atoms with Gasteiger partial charge in [-0.05, 0) is 31.4 Å². The molecule has 1 N–H and O–H groups in total. The van der Waals surface area contributed by atoms with Crippen LogP contribution in [0.4, 0.5) is 5.82 Å². The summed E-state index contributed by atoms with van der Waals surface area (Å²) in [5, 5.41) is 11.3. The minimum Gasteiger partial charge on any atom is -0.469 e. The quantitative estimate of drug-likeness (QED) is 0.836. The molecule has 0 amide bonds. The van der Waals surface area contributed by atoms with Crippen molar-refractivity contribution in [2.75, 3.05) is 12.4 Å². The van der Waals surface area contributed by atoms with Crippen molar-refractivity contribution in [2.45, 2.75) is 25.3 Å². The fourth-order valence-corrected chi connectivity index (χ4v) is 2.20. The third kappa shape index (κ3) is 3.06. The average molecular weight is 256 g/mol. The van der Waals surface area contributed by atoms with Crippen molar-refractivity contribution in [3.8, 4) is 0 Å². The zero-order valence-corrected chi connectivity index (χ0v) is 10.3. The lowest BCUT2D eigenvalue weighted by Crippen LogP contribution is -2.19. The van der Waals surface area contributed by atoms with Crippen molar-refractivity contribution >= 4 is 23.4 Å². The smallest absolute Gasteiger partial charge is 0.308 e. The van der Waals surface area contributed by atoms with E-state index in [2.05, 4.69) is 15.5 Å². The number of carbonyl (C=O) groups excluding carboxylic acids is 1. The van der Waals surface area contributed by atoms with Crippen molar-refractivity contribution < 1.29 is 9.53 Å². The van der Waals surface area contributed by atoms with Gasteiger partial charge in [-0.2, -0.15) is 0 Å². The number of hydrogen-bond acceptors (Lipinski definition) is 5. The van der Waals surface area contributed by atoms with Gasteiger partial charge in [0.05, 0.1) is 13.0 Å². The van der Waals surface area contributed by atoms with Crippen LogP contribution < -0.4 is 5.32 Å². The van der Waals surface area contributed by atoms with E-state index in [1.54, 1.807) is 12.1 Å². The Balaban J connectivity index is 1.89. The van der Waals surface area contributed by atoms with Crippen LogP contribution in [0.25, 0.3) is 0 Å². The normalized spacial score (nSPS) is 23.4. The highest BCUT2D eigenvalue weighted by Gasteiger charge is 2.30. The molecule has 1 aromatic rings. The van der Waals surface area contributed by atoms with E-state index >= 15 is 0 Å². The van der Waals surface area contributed by atoms with Crippen molar-refractivity contribution in [1.82, 2.24) is 10.2 Å². The molecular weight excluding hydrogens is 242 g/mol. The largest absolute Gasteiger partial charge is 0.469 e. The van der Waals surface area contributed by atoms with Crippen molar-refractivity contribution in [3.63, 3.8) is 0 Å². The van der Waals surface area contributed by atoms with Gasteiger partial charge in [-0.15, -0.1) is 10.2 Å². The summed E-state index contributed by atoms with van der Waals surface area (Å²) in [6.45, 7) is 0. The molecule has 2 unspecified atom stereocenters. The molecule has 92 valence electrons. The number of esters is 1. The van der Waals surface area contributed by atoms with Gasteiger partial charge in [0.1, 0.15) is 5.82 Å². The van der Waals surface area contributed by atoms with Crippen LogP contribution in [-0.2, 0) is 9.53 Å². The van der Waals surface area contributed by atoms with E-state index in [9.17, 15) is 4.79 Å². The van der Waals surface area contributed by atoms with Crippen LogP contribution in [0.3, 0.4) is 0 Å². The maximum atomic E-state index is 11.4. The molecule has 1 heterocycles. The van der Waals surface area contributed by atoms with Gasteiger partial charge in [0.2, 0.25) is 0 Å². The summed E-state index contributed by atoms with van der Waals surface area (Å²) in [5.41, 5.74) is 0. The second-order valence-corrected chi connectivity index (χ2v) is 4.50. The van der Waals surface area contributed by atoms with Crippen molar-refractivity contribution in [3.05, 3.63) is 17.3 Å². The molecule has 1 aromatic heterocycles. The van der Waals surface area contributed by atoms with Gasteiger partial charge < -0.3 is 10.1 Å². The number of hydrogen-bond donors (Lipinski definition) is 1. The predicted octanol–water partition coefficient (Wildman–Crippen LogP) is 1.88. The van der Waals surface area contributed by atoms with Gasteiger partial charge in [0.25, 0.3) is 0 Å². The van der Waals surface area contributed by atoms with E-state index in [1.165, 1.54) is 7.11 Å². The molecule has 17 heavy (non-hydrogen) atoms. The maximum absolute atomic E-state index is 11.4. The monoisotopic (exact) mass is 255 g/mol. The number of nitrogens with zero attached hydrogens (tertiary/aromatic N) is 2. The van der Waals surface area contributed by atoms with Crippen LogP contribution in [0.15, 0.2) is 12.1 Å². The molecule has 1 aliphatic rings. The van der Waals surface area contributed by atoms with Crippen LogP contribution in [0.1, 0.15) is 19.3 Å². The van der Waals surface area contributed by atoms with Crippen LogP contribution in [0, 0.1) is 5.92 Å². The third-order valence-corrected chi connectivity index (χ3v) is 3.15. The molecular formula is C11H14ClN3O2. The molecule has 0 spiro atoms. The predicted molar refractivity (Wildman–Crippen MR) is 63.8 cm³/mol. The average Bonchev–Trinajstić information content (AvgIpc) is 2.80. The molecule has 2 atom stereocenters. The number of ether oxygens (including phenoxy) is 1. The fourth-order valence-electron chi connectivity index (χ4n) is 2.10. The molecule has 2 rings (SSSR count). The lowest BCUT2D eigenvalue weighted by atomic mass is 10.1. The highest BCUT2D eigenvalue weighted by atomic mass is 35.5. The van der Waals surface area contributed by atoms with E-state index < -0.39 is 0 Å². The van der Waals surface area contributed by atoms with Gasteiger partial charge >= 0.3 is 5.97 Å². The van der Waals surface area contributed by atoms with Crippen LogP contribution in [-0.4, -0.2) is 29.3 Å². The molecule has 0 bridgehead atoms. The Bertz CT molecular complexity index is 396. The Morgan fingerprint density at radius 3 is 2.94 bits per heavy atom. The number of aromatic nitrogens is 2. The maximum Gasteiger partial charge on any atom is 0.308 e. The summed E-state index contributed by atoms with van der Waals surface area (Å²) in [4.78, 5) is 11.4. The zero-order chi connectivity index (χ0) is 12.3. The molecule has 1 saturated carbocycles. The Kier molecular flexibility index (Phi) is 3.78. The highest BCUT2D eigenvalue weighted by molar-refractivity contribution is 6.29. The number of halogens is 1. The summed E-state index contributed by atoms with van der Waals surface area (Å²) in [7, 11) is 1.42. The SMILES string of the molecule is COC(=O)C1CCC(Nc2ccc(Cl)nn2)C1. The Morgan fingerprint density at radius 1 is 1.47 bits per heavy atom. The molecule has 0 aliphatic heterocycles. The number of carbonyl (C=O) groups is 1. The Morgan fingerprint density at radius 2 is 2.29 bits per heavy atom. The minimum absolute atomic E-state index is 0.00207. The molecule has 6 heteroatoms. The third-order valence-electron chi connectivity index (χ3n) is 2.95. The van der Waals surface area contributed by atoms with Gasteiger partial charge in [-0.25, -0.2) is 0 Å². The highest BCUT2D eigenvalue weighted by Crippen LogP contribution is 2.28. The fraction of sp³-hybridized carbons (Fsp3) is 0.545. The van der Waals surface area contributed by atoms with Crippen LogP contribution >= 0.6 is 11.6 Å². The minimum atomic E-state index is -0.128. The van der Waals surface area contributed by atoms with Gasteiger partial charge in [-0.3, -0.25) is 4.79 Å². The van der Waals surface area contributed by atoms with Crippen molar-refractivity contribution in [2.24, 2.45) is 5.92 Å². The summed E-state index contributed by atoms with van der Waals surface area (Å²) in [5.74, 6) is 0.555. The molecule has 1 aliphatic carbocycles. The van der Waals surface area contributed by atoms with Gasteiger partial charge in [0.15, 0.2) is 5.15 Å². The number of rotatable bonds is 3. The lowest BCUT2D eigenvalue weighted by molar-refractivity contribution is -0.145. The Labute approximate surface area is 105 Å².